The highest BCUT2D eigenvalue weighted by atomic mass is 32.1. The number of hydrogen-bond acceptors (Lipinski definition) is 4. The van der Waals surface area contributed by atoms with E-state index in [1.54, 1.807) is 0 Å². The van der Waals surface area contributed by atoms with E-state index in [1.165, 1.54) is 89.9 Å². The molecule has 0 aliphatic heterocycles. The lowest BCUT2D eigenvalue weighted by Gasteiger charge is -2.12. The van der Waals surface area contributed by atoms with E-state index in [4.69, 9.17) is 24.4 Å². The fourth-order valence-corrected chi connectivity index (χ4v) is 4.10. The van der Waals surface area contributed by atoms with E-state index < -0.39 is 0 Å². The number of hydrazine groups is 2. The van der Waals surface area contributed by atoms with Gasteiger partial charge in [0.2, 0.25) is 11.8 Å². The van der Waals surface area contributed by atoms with Gasteiger partial charge in [0.05, 0.1) is 0 Å². The van der Waals surface area contributed by atoms with Crippen molar-refractivity contribution in [3.8, 4) is 0 Å². The van der Waals surface area contributed by atoms with Crippen LogP contribution in [0.1, 0.15) is 136 Å². The molecule has 0 heterocycles. The van der Waals surface area contributed by atoms with Crippen LogP contribution in [0.2, 0.25) is 0 Å². The molecule has 0 aromatic heterocycles. The largest absolute Gasteiger partial charge is 0.361 e. The Morgan fingerprint density at radius 1 is 0.459 bits per heavy atom. The minimum atomic E-state index is -0.209. The molecule has 0 spiro atoms. The van der Waals surface area contributed by atoms with Gasteiger partial charge in [0.15, 0.2) is 10.2 Å². The summed E-state index contributed by atoms with van der Waals surface area (Å²) in [5, 5.41) is 7.02. The number of thiocarbonyl (C=S) groups is 2. The minimum Gasteiger partial charge on any atom is -0.361 e. The first kappa shape index (κ1) is 35.3. The molecule has 0 aromatic rings. The molecule has 0 radical (unpaired) electrons. The Kier molecular flexibility index (Phi) is 26.1. The van der Waals surface area contributed by atoms with E-state index in [2.05, 4.69) is 46.2 Å². The summed E-state index contributed by atoms with van der Waals surface area (Å²) >= 11 is 10.4. The van der Waals surface area contributed by atoms with E-state index in [0.29, 0.717) is 16.6 Å². The second-order valence-corrected chi connectivity index (χ2v) is 10.5. The summed E-state index contributed by atoms with van der Waals surface area (Å²) in [5.41, 5.74) is 10.6. The van der Waals surface area contributed by atoms with E-state index in [9.17, 15) is 9.59 Å². The number of hydrogen-bond donors (Lipinski definition) is 6. The van der Waals surface area contributed by atoms with Crippen molar-refractivity contribution in [1.82, 2.24) is 32.3 Å². The predicted molar refractivity (Wildman–Crippen MR) is 163 cm³/mol. The van der Waals surface area contributed by atoms with Gasteiger partial charge >= 0.3 is 0 Å². The molecular formula is C27H54N6O2S2. The molecule has 0 saturated heterocycles. The molecule has 0 fully saturated rings. The van der Waals surface area contributed by atoms with Crippen LogP contribution in [-0.4, -0.2) is 35.1 Å². The van der Waals surface area contributed by atoms with Crippen LogP contribution in [0.5, 0.6) is 0 Å². The maximum Gasteiger partial charge on any atom is 0.238 e. The predicted octanol–water partition coefficient (Wildman–Crippen LogP) is 5.43. The molecule has 0 rings (SSSR count). The standard InChI is InChI=1S/C27H54N6O2S2/c1-3-5-7-9-11-13-15-17-22-28-26(36)32-30-24(34)20-19-21-25(35)31-33-27(37)29-23-18-16-14-12-10-8-6-4-2/h3-23H2,1-2H3,(H,30,34)(H,31,35)(H2,28,32,36)(H2,29,33,37). The third kappa shape index (κ3) is 27.2. The van der Waals surface area contributed by atoms with Gasteiger partial charge < -0.3 is 10.6 Å². The van der Waals surface area contributed by atoms with Crippen molar-refractivity contribution >= 4 is 46.5 Å². The van der Waals surface area contributed by atoms with Crippen LogP contribution in [0.25, 0.3) is 0 Å². The molecule has 8 nitrogen and oxygen atoms in total. The van der Waals surface area contributed by atoms with Gasteiger partial charge in [-0.1, -0.05) is 104 Å². The lowest BCUT2D eigenvalue weighted by molar-refractivity contribution is -0.123. The maximum atomic E-state index is 11.9. The van der Waals surface area contributed by atoms with Gasteiger partial charge in [-0.05, 0) is 43.7 Å². The number of rotatable bonds is 22. The molecule has 0 aliphatic rings. The second-order valence-electron chi connectivity index (χ2n) is 9.66. The molecule has 0 bridgehead atoms. The molecule has 10 heteroatoms. The molecule has 0 saturated carbocycles. The number of carbonyl (C=O) groups is 2. The van der Waals surface area contributed by atoms with Crippen molar-refractivity contribution in [2.24, 2.45) is 0 Å². The molecule has 37 heavy (non-hydrogen) atoms. The van der Waals surface area contributed by atoms with Crippen molar-refractivity contribution in [2.75, 3.05) is 13.1 Å². The zero-order valence-electron chi connectivity index (χ0n) is 23.5. The summed E-state index contributed by atoms with van der Waals surface area (Å²) in [6.07, 6.45) is 21.1. The Bertz CT molecular complexity index is 557. The second kappa shape index (κ2) is 27.4. The average Bonchev–Trinajstić information content (AvgIpc) is 2.88. The van der Waals surface area contributed by atoms with E-state index in [0.717, 1.165) is 25.9 Å². The first-order valence-corrected chi connectivity index (χ1v) is 15.5. The van der Waals surface area contributed by atoms with Crippen LogP contribution in [0.3, 0.4) is 0 Å². The van der Waals surface area contributed by atoms with E-state index in [1.807, 2.05) is 0 Å². The molecular weight excluding hydrogens is 504 g/mol. The monoisotopic (exact) mass is 558 g/mol. The first-order valence-electron chi connectivity index (χ1n) is 14.6. The smallest absolute Gasteiger partial charge is 0.238 e. The van der Waals surface area contributed by atoms with Crippen molar-refractivity contribution < 1.29 is 9.59 Å². The highest BCUT2D eigenvalue weighted by Gasteiger charge is 2.06. The van der Waals surface area contributed by atoms with Crippen LogP contribution in [0.15, 0.2) is 0 Å². The number of amides is 2. The van der Waals surface area contributed by atoms with Crippen LogP contribution >= 0.6 is 24.4 Å². The van der Waals surface area contributed by atoms with E-state index in [-0.39, 0.29) is 24.7 Å². The molecule has 0 unspecified atom stereocenters. The minimum absolute atomic E-state index is 0.209. The van der Waals surface area contributed by atoms with Gasteiger partial charge in [-0.15, -0.1) is 0 Å². The van der Waals surface area contributed by atoms with Gasteiger partial charge in [0.1, 0.15) is 0 Å². The molecule has 2 amide bonds. The molecule has 0 atom stereocenters. The van der Waals surface area contributed by atoms with Crippen LogP contribution in [-0.2, 0) is 9.59 Å². The Morgan fingerprint density at radius 2 is 0.784 bits per heavy atom. The van der Waals surface area contributed by atoms with Gasteiger partial charge in [0, 0.05) is 25.9 Å². The zero-order chi connectivity index (χ0) is 27.4. The number of carbonyl (C=O) groups excluding carboxylic acids is 2. The van der Waals surface area contributed by atoms with Crippen molar-refractivity contribution in [3.05, 3.63) is 0 Å². The van der Waals surface area contributed by atoms with Crippen molar-refractivity contribution in [1.29, 1.82) is 0 Å². The Balaban J connectivity index is 3.54. The highest BCUT2D eigenvalue weighted by molar-refractivity contribution is 7.80. The highest BCUT2D eigenvalue weighted by Crippen LogP contribution is 2.08. The Labute approximate surface area is 237 Å². The topological polar surface area (TPSA) is 106 Å². The quantitative estimate of drug-likeness (QED) is 0.0594. The molecule has 6 N–H and O–H groups in total. The summed E-state index contributed by atoms with van der Waals surface area (Å²) in [4.78, 5) is 23.9. The van der Waals surface area contributed by atoms with Crippen LogP contribution in [0.4, 0.5) is 0 Å². The third-order valence-electron chi connectivity index (χ3n) is 6.07. The maximum absolute atomic E-state index is 11.9. The number of nitrogens with one attached hydrogen (secondary N) is 6. The van der Waals surface area contributed by atoms with Gasteiger partial charge in [-0.2, -0.15) is 0 Å². The summed E-state index contributed by atoms with van der Waals surface area (Å²) < 4.78 is 0. The van der Waals surface area contributed by atoms with Crippen molar-refractivity contribution in [2.45, 2.75) is 136 Å². The van der Waals surface area contributed by atoms with Gasteiger partial charge in [-0.3, -0.25) is 31.3 Å². The summed E-state index contributed by atoms with van der Waals surface area (Å²) in [6.45, 7) is 6.05. The fraction of sp³-hybridized carbons (Fsp3) is 0.852. The van der Waals surface area contributed by atoms with Gasteiger partial charge in [0.25, 0.3) is 0 Å². The molecule has 0 aromatic carbocycles. The molecule has 216 valence electrons. The SMILES string of the molecule is CCCCCCCCCCNC(=S)NNC(=O)CCCC(=O)NNC(=S)NCCCCCCCCCC. The summed E-state index contributed by atoms with van der Waals surface area (Å²) in [7, 11) is 0. The van der Waals surface area contributed by atoms with Crippen LogP contribution < -0.4 is 32.3 Å². The third-order valence-corrected chi connectivity index (χ3v) is 6.56. The first-order chi connectivity index (χ1) is 18.0. The Morgan fingerprint density at radius 3 is 1.14 bits per heavy atom. The van der Waals surface area contributed by atoms with Crippen molar-refractivity contribution in [3.63, 3.8) is 0 Å². The zero-order valence-corrected chi connectivity index (χ0v) is 25.1. The number of unbranched alkanes of at least 4 members (excludes halogenated alkanes) is 14. The van der Waals surface area contributed by atoms with Gasteiger partial charge in [-0.25, -0.2) is 0 Å². The van der Waals surface area contributed by atoms with E-state index >= 15 is 0 Å². The lowest BCUT2D eigenvalue weighted by atomic mass is 10.1. The van der Waals surface area contributed by atoms with Crippen LogP contribution in [0, 0.1) is 0 Å². The Hall–Kier alpha value is -1.68. The average molecular weight is 559 g/mol. The fourth-order valence-electron chi connectivity index (χ4n) is 3.80. The normalized spacial score (nSPS) is 10.4. The summed E-state index contributed by atoms with van der Waals surface area (Å²) in [6, 6.07) is 0. The summed E-state index contributed by atoms with van der Waals surface area (Å²) in [5.74, 6) is -0.418. The lowest BCUT2D eigenvalue weighted by Crippen LogP contribution is -2.47. The molecule has 0 aliphatic carbocycles.